The molecule has 1 N–H and O–H groups in total. The van der Waals surface area contributed by atoms with Gasteiger partial charge in [0.2, 0.25) is 5.91 Å². The maximum absolute atomic E-state index is 13.3. The lowest BCUT2D eigenvalue weighted by molar-refractivity contribution is -0.119. The molecule has 1 aliphatic rings. The molecule has 0 saturated carbocycles. The molecule has 136 valence electrons. The van der Waals surface area contributed by atoms with E-state index < -0.39 is 5.92 Å². The summed E-state index contributed by atoms with van der Waals surface area (Å²) in [4.78, 5) is 32.2. The fourth-order valence-electron chi connectivity index (χ4n) is 3.62. The Labute approximate surface area is 161 Å². The minimum absolute atomic E-state index is 0.0754. The third-order valence-corrected chi connectivity index (χ3v) is 5.73. The molecule has 2 atom stereocenters. The molecule has 3 aromatic rings. The van der Waals surface area contributed by atoms with Crippen LogP contribution in [0.15, 0.2) is 60.0 Å². The second-order valence-corrected chi connectivity index (χ2v) is 7.48. The van der Waals surface area contributed by atoms with Gasteiger partial charge in [0.15, 0.2) is 5.13 Å². The predicted octanol–water partition coefficient (Wildman–Crippen LogP) is 4.00. The average Bonchev–Trinajstić information content (AvgIpc) is 3.09. The third-order valence-electron chi connectivity index (χ3n) is 4.85. The van der Waals surface area contributed by atoms with E-state index in [0.717, 1.165) is 16.8 Å². The molecule has 27 heavy (non-hydrogen) atoms. The zero-order valence-corrected chi connectivity index (χ0v) is 15.9. The number of nitrogens with zero attached hydrogens (tertiary/aromatic N) is 2. The monoisotopic (exact) mass is 377 g/mol. The van der Waals surface area contributed by atoms with Crippen LogP contribution >= 0.6 is 11.3 Å². The van der Waals surface area contributed by atoms with Gasteiger partial charge in [0, 0.05) is 18.0 Å². The first-order valence-electron chi connectivity index (χ1n) is 8.70. The van der Waals surface area contributed by atoms with Crippen molar-refractivity contribution in [1.29, 1.82) is 0 Å². The second-order valence-electron chi connectivity index (χ2n) is 6.62. The van der Waals surface area contributed by atoms with Crippen molar-refractivity contribution in [2.75, 3.05) is 12.4 Å². The molecule has 0 saturated heterocycles. The Hall–Kier alpha value is -2.99. The summed E-state index contributed by atoms with van der Waals surface area (Å²) in [6.07, 6.45) is 0. The van der Waals surface area contributed by atoms with Crippen LogP contribution in [0.5, 0.6) is 0 Å². The maximum Gasteiger partial charge on any atom is 0.254 e. The van der Waals surface area contributed by atoms with Gasteiger partial charge in [-0.2, -0.15) is 0 Å². The molecular weight excluding hydrogens is 358 g/mol. The first-order valence-corrected chi connectivity index (χ1v) is 9.58. The lowest BCUT2D eigenvalue weighted by Crippen LogP contribution is -2.44. The summed E-state index contributed by atoms with van der Waals surface area (Å²) < 4.78 is 0. The number of carbonyl (C=O) groups is 2. The number of aryl methyl sites for hydroxylation is 1. The maximum atomic E-state index is 13.3. The summed E-state index contributed by atoms with van der Waals surface area (Å²) in [5, 5.41) is 5.41. The highest BCUT2D eigenvalue weighted by Gasteiger charge is 2.42. The summed E-state index contributed by atoms with van der Waals surface area (Å²) in [5.74, 6) is -0.755. The Morgan fingerprint density at radius 3 is 2.52 bits per heavy atom. The molecule has 0 aliphatic carbocycles. The molecule has 2 amide bonds. The summed E-state index contributed by atoms with van der Waals surface area (Å²) in [6.45, 7) is 1.89. The number of anilines is 1. The number of likely N-dealkylation sites (N-methyl/N-ethyl adjacent to an activating group) is 1. The first-order chi connectivity index (χ1) is 13.1. The Kier molecular flexibility index (Phi) is 4.49. The highest BCUT2D eigenvalue weighted by atomic mass is 32.1. The highest BCUT2D eigenvalue weighted by molar-refractivity contribution is 7.13. The van der Waals surface area contributed by atoms with E-state index in [4.69, 9.17) is 0 Å². The molecule has 0 radical (unpaired) electrons. The molecule has 2 aromatic carbocycles. The van der Waals surface area contributed by atoms with Gasteiger partial charge in [0.25, 0.3) is 5.91 Å². The molecule has 1 aliphatic heterocycles. The quantitative estimate of drug-likeness (QED) is 0.750. The second kappa shape index (κ2) is 6.96. The smallest absolute Gasteiger partial charge is 0.254 e. The number of thiazole rings is 1. The van der Waals surface area contributed by atoms with Crippen LogP contribution in [0.4, 0.5) is 5.13 Å². The Balaban J connectivity index is 1.81. The normalized spacial score (nSPS) is 18.9. The van der Waals surface area contributed by atoms with Crippen molar-refractivity contribution < 1.29 is 9.59 Å². The highest BCUT2D eigenvalue weighted by Crippen LogP contribution is 2.42. The van der Waals surface area contributed by atoms with Gasteiger partial charge in [0.05, 0.1) is 17.7 Å². The van der Waals surface area contributed by atoms with Crippen molar-refractivity contribution in [2.45, 2.75) is 18.9 Å². The van der Waals surface area contributed by atoms with Crippen molar-refractivity contribution >= 4 is 28.3 Å². The van der Waals surface area contributed by atoms with Crippen molar-refractivity contribution in [3.8, 4) is 0 Å². The number of rotatable bonds is 3. The van der Waals surface area contributed by atoms with Gasteiger partial charge in [0.1, 0.15) is 0 Å². The standard InChI is InChI=1S/C21H19N3O2S/c1-13-12-27-21(22-13)23-19(25)17-15-10-6-7-11-16(15)20(26)24(2)18(17)14-8-4-3-5-9-14/h3-12,17-18H,1-2H3,(H,22,23,25)/t17-,18+/m0/s1. The van der Waals surface area contributed by atoms with Crippen LogP contribution in [0.1, 0.15) is 39.1 Å². The number of hydrogen-bond donors (Lipinski definition) is 1. The number of amides is 2. The van der Waals surface area contributed by atoms with Gasteiger partial charge in [-0.3, -0.25) is 9.59 Å². The van der Waals surface area contributed by atoms with Crippen molar-refractivity contribution in [2.24, 2.45) is 0 Å². The van der Waals surface area contributed by atoms with Crippen molar-refractivity contribution in [1.82, 2.24) is 9.88 Å². The van der Waals surface area contributed by atoms with Gasteiger partial charge >= 0.3 is 0 Å². The topological polar surface area (TPSA) is 62.3 Å². The van der Waals surface area contributed by atoms with Crippen LogP contribution in [-0.2, 0) is 4.79 Å². The molecule has 1 aromatic heterocycles. The lowest BCUT2D eigenvalue weighted by Gasteiger charge is -2.39. The first kappa shape index (κ1) is 17.4. The Morgan fingerprint density at radius 1 is 1.11 bits per heavy atom. The van der Waals surface area contributed by atoms with Crippen molar-refractivity contribution in [3.63, 3.8) is 0 Å². The van der Waals surface area contributed by atoms with E-state index in [-0.39, 0.29) is 17.9 Å². The number of fused-ring (bicyclic) bond motifs is 1. The van der Waals surface area contributed by atoms with Crippen LogP contribution in [0.2, 0.25) is 0 Å². The zero-order valence-electron chi connectivity index (χ0n) is 15.0. The van der Waals surface area contributed by atoms with Gasteiger partial charge in [-0.15, -0.1) is 11.3 Å². The van der Waals surface area contributed by atoms with Crippen LogP contribution in [0, 0.1) is 6.92 Å². The molecule has 0 fully saturated rings. The summed E-state index contributed by atoms with van der Waals surface area (Å²) in [6, 6.07) is 16.6. The molecule has 0 bridgehead atoms. The molecular formula is C21H19N3O2S. The number of nitrogens with one attached hydrogen (secondary N) is 1. The molecule has 4 rings (SSSR count). The van der Waals surface area contributed by atoms with E-state index in [0.29, 0.717) is 10.7 Å². The van der Waals surface area contributed by atoms with Gasteiger partial charge in [-0.1, -0.05) is 48.5 Å². The summed E-state index contributed by atoms with van der Waals surface area (Å²) in [7, 11) is 1.75. The van der Waals surface area contributed by atoms with E-state index in [1.54, 1.807) is 18.0 Å². The SMILES string of the molecule is Cc1csc(NC(=O)[C@H]2c3ccccc3C(=O)N(C)[C@@H]2c2ccccc2)n1. The fraction of sp³-hybridized carbons (Fsp3) is 0.190. The number of hydrogen-bond acceptors (Lipinski definition) is 4. The number of benzene rings is 2. The molecule has 0 spiro atoms. The molecule has 2 heterocycles. The summed E-state index contributed by atoms with van der Waals surface area (Å²) in [5.41, 5.74) is 3.12. The number of aromatic nitrogens is 1. The minimum Gasteiger partial charge on any atom is -0.334 e. The minimum atomic E-state index is -0.518. The predicted molar refractivity (Wildman–Crippen MR) is 106 cm³/mol. The average molecular weight is 377 g/mol. The van der Waals surface area contributed by atoms with Crippen LogP contribution < -0.4 is 5.32 Å². The molecule has 0 unspecified atom stereocenters. The molecule has 6 heteroatoms. The Bertz CT molecular complexity index is 999. The van der Waals surface area contributed by atoms with Crippen LogP contribution in [-0.4, -0.2) is 28.7 Å². The van der Waals surface area contributed by atoms with Gasteiger partial charge in [-0.05, 0) is 24.1 Å². The Morgan fingerprint density at radius 2 is 1.81 bits per heavy atom. The van der Waals surface area contributed by atoms with Crippen LogP contribution in [0.3, 0.4) is 0 Å². The summed E-state index contributed by atoms with van der Waals surface area (Å²) >= 11 is 1.40. The van der Waals surface area contributed by atoms with E-state index in [1.807, 2.05) is 60.8 Å². The zero-order chi connectivity index (χ0) is 19.0. The van der Waals surface area contributed by atoms with Crippen molar-refractivity contribution in [3.05, 3.63) is 82.4 Å². The molecule has 5 nitrogen and oxygen atoms in total. The van der Waals surface area contributed by atoms with E-state index in [2.05, 4.69) is 10.3 Å². The van der Waals surface area contributed by atoms with E-state index >= 15 is 0 Å². The lowest BCUT2D eigenvalue weighted by atomic mass is 9.79. The largest absolute Gasteiger partial charge is 0.334 e. The fourth-order valence-corrected chi connectivity index (χ4v) is 4.31. The number of carbonyl (C=O) groups excluding carboxylic acids is 2. The third kappa shape index (κ3) is 3.13. The van der Waals surface area contributed by atoms with E-state index in [1.165, 1.54) is 11.3 Å². The van der Waals surface area contributed by atoms with E-state index in [9.17, 15) is 9.59 Å². The van der Waals surface area contributed by atoms with Gasteiger partial charge < -0.3 is 10.2 Å². The van der Waals surface area contributed by atoms with Crippen LogP contribution in [0.25, 0.3) is 0 Å². The van der Waals surface area contributed by atoms with Gasteiger partial charge in [-0.25, -0.2) is 4.98 Å².